The highest BCUT2D eigenvalue weighted by atomic mass is 16.1. The van der Waals surface area contributed by atoms with E-state index in [4.69, 9.17) is 11.5 Å². The van der Waals surface area contributed by atoms with Gasteiger partial charge in [0.15, 0.2) is 0 Å². The third-order valence-corrected chi connectivity index (χ3v) is 2.87. The molecule has 1 unspecified atom stereocenters. The van der Waals surface area contributed by atoms with Gasteiger partial charge in [-0.15, -0.1) is 0 Å². The molecule has 0 heterocycles. The van der Waals surface area contributed by atoms with Crippen LogP contribution in [0.25, 0.3) is 0 Å². The minimum Gasteiger partial charge on any atom is -0.368 e. The van der Waals surface area contributed by atoms with E-state index in [0.29, 0.717) is 12.5 Å². The second kappa shape index (κ2) is 5.32. The zero-order valence-electron chi connectivity index (χ0n) is 9.63. The first-order valence-corrected chi connectivity index (χ1v) is 5.03. The first-order chi connectivity index (χ1) is 6.27. The van der Waals surface area contributed by atoms with Crippen molar-refractivity contribution in [3.05, 3.63) is 0 Å². The Morgan fingerprint density at radius 3 is 2.29 bits per heavy atom. The summed E-state index contributed by atoms with van der Waals surface area (Å²) < 4.78 is 0. The molecule has 0 aromatic heterocycles. The molecule has 1 atom stereocenters. The largest absolute Gasteiger partial charge is 0.368 e. The summed E-state index contributed by atoms with van der Waals surface area (Å²) in [6, 6.07) is -0.585. The summed E-state index contributed by atoms with van der Waals surface area (Å²) in [6.45, 7) is 10.0. The maximum Gasteiger partial charge on any atom is 0.235 e. The molecule has 1 amide bonds. The molecule has 84 valence electrons. The smallest absolute Gasteiger partial charge is 0.235 e. The van der Waals surface area contributed by atoms with Crippen LogP contribution in [-0.2, 0) is 4.79 Å². The highest BCUT2D eigenvalue weighted by Gasteiger charge is 2.22. The van der Waals surface area contributed by atoms with Gasteiger partial charge in [0.05, 0.1) is 6.04 Å². The van der Waals surface area contributed by atoms with Crippen molar-refractivity contribution in [2.75, 3.05) is 13.1 Å². The number of hydrogen-bond donors (Lipinski definition) is 3. The summed E-state index contributed by atoms with van der Waals surface area (Å²) in [7, 11) is 0. The lowest BCUT2D eigenvalue weighted by atomic mass is 9.81. The molecule has 0 saturated carbocycles. The maximum atomic E-state index is 10.6. The molecule has 0 fully saturated rings. The van der Waals surface area contributed by atoms with Gasteiger partial charge in [0.2, 0.25) is 5.91 Å². The average molecular weight is 201 g/mol. The van der Waals surface area contributed by atoms with Crippen molar-refractivity contribution >= 4 is 5.91 Å². The number of rotatable bonds is 6. The predicted octanol–water partition coefficient (Wildman–Crippen LogP) is 0.0708. The quantitative estimate of drug-likeness (QED) is 0.569. The van der Waals surface area contributed by atoms with E-state index >= 15 is 0 Å². The Morgan fingerprint density at radius 2 is 1.93 bits per heavy atom. The summed E-state index contributed by atoms with van der Waals surface area (Å²) >= 11 is 0. The summed E-state index contributed by atoms with van der Waals surface area (Å²) in [6.07, 6.45) is 0. The first kappa shape index (κ1) is 13.4. The maximum absolute atomic E-state index is 10.6. The van der Waals surface area contributed by atoms with E-state index in [9.17, 15) is 4.79 Å². The van der Waals surface area contributed by atoms with Gasteiger partial charge in [0.25, 0.3) is 0 Å². The van der Waals surface area contributed by atoms with E-state index in [1.165, 1.54) is 0 Å². The summed E-state index contributed by atoms with van der Waals surface area (Å²) in [4.78, 5) is 10.6. The summed E-state index contributed by atoms with van der Waals surface area (Å²) in [5.74, 6) is 0.125. The van der Waals surface area contributed by atoms with Gasteiger partial charge in [0, 0.05) is 13.1 Å². The Hall–Kier alpha value is -0.610. The number of nitrogens with two attached hydrogens (primary N) is 2. The third-order valence-electron chi connectivity index (χ3n) is 2.87. The van der Waals surface area contributed by atoms with E-state index in [-0.39, 0.29) is 5.41 Å². The molecule has 0 bridgehead atoms. The molecule has 0 radical (unpaired) electrons. The molecular weight excluding hydrogens is 178 g/mol. The Kier molecular flexibility index (Phi) is 5.08. The minimum absolute atomic E-state index is 0.206. The number of hydrogen-bond acceptors (Lipinski definition) is 3. The van der Waals surface area contributed by atoms with Crippen LogP contribution in [0.5, 0.6) is 0 Å². The van der Waals surface area contributed by atoms with Gasteiger partial charge in [-0.2, -0.15) is 0 Å². The van der Waals surface area contributed by atoms with Gasteiger partial charge >= 0.3 is 0 Å². The van der Waals surface area contributed by atoms with Crippen LogP contribution in [0.3, 0.4) is 0 Å². The van der Waals surface area contributed by atoms with Crippen molar-refractivity contribution in [1.82, 2.24) is 5.32 Å². The number of nitrogens with one attached hydrogen (secondary N) is 1. The Morgan fingerprint density at radius 1 is 1.43 bits per heavy atom. The highest BCUT2D eigenvalue weighted by molar-refractivity contribution is 5.79. The second-order valence-corrected chi connectivity index (χ2v) is 4.78. The van der Waals surface area contributed by atoms with Gasteiger partial charge in [-0.25, -0.2) is 0 Å². The lowest BCUT2D eigenvalue weighted by Crippen LogP contribution is -2.46. The molecule has 4 heteroatoms. The fourth-order valence-electron chi connectivity index (χ4n) is 0.855. The second-order valence-electron chi connectivity index (χ2n) is 4.78. The van der Waals surface area contributed by atoms with E-state index in [0.717, 1.165) is 6.54 Å². The number of amides is 1. The molecule has 0 spiro atoms. The molecule has 0 saturated heterocycles. The summed E-state index contributed by atoms with van der Waals surface area (Å²) in [5.41, 5.74) is 10.7. The topological polar surface area (TPSA) is 81.1 Å². The molecule has 0 rings (SSSR count). The fraction of sp³-hybridized carbons (Fsp3) is 0.900. The third kappa shape index (κ3) is 4.58. The minimum atomic E-state index is -0.585. The van der Waals surface area contributed by atoms with E-state index in [1.54, 1.807) is 0 Å². The Balaban J connectivity index is 3.79. The molecule has 5 N–H and O–H groups in total. The van der Waals surface area contributed by atoms with Crippen LogP contribution in [0.1, 0.15) is 27.7 Å². The molecule has 14 heavy (non-hydrogen) atoms. The van der Waals surface area contributed by atoms with Crippen molar-refractivity contribution in [2.45, 2.75) is 33.7 Å². The van der Waals surface area contributed by atoms with Crippen molar-refractivity contribution in [1.29, 1.82) is 0 Å². The van der Waals surface area contributed by atoms with Crippen molar-refractivity contribution < 1.29 is 4.79 Å². The van der Waals surface area contributed by atoms with Crippen LogP contribution in [0.2, 0.25) is 0 Å². The lowest BCUT2D eigenvalue weighted by molar-refractivity contribution is -0.119. The SMILES string of the molecule is CC(C)C(C)(C)CNCC(N)C(N)=O. The number of primary amides is 1. The van der Waals surface area contributed by atoms with Gasteiger partial charge < -0.3 is 16.8 Å². The zero-order valence-corrected chi connectivity index (χ0v) is 9.63. The van der Waals surface area contributed by atoms with Gasteiger partial charge in [-0.1, -0.05) is 27.7 Å². The standard InChI is InChI=1S/C10H23N3O/c1-7(2)10(3,4)6-13-5-8(11)9(12)14/h7-8,13H,5-6,11H2,1-4H3,(H2,12,14). The van der Waals surface area contributed by atoms with Gasteiger partial charge in [-0.05, 0) is 11.3 Å². The Labute approximate surface area is 86.4 Å². The molecular formula is C10H23N3O. The molecule has 0 aliphatic rings. The monoisotopic (exact) mass is 201 g/mol. The normalized spacial score (nSPS) is 14.4. The first-order valence-electron chi connectivity index (χ1n) is 5.03. The Bertz CT molecular complexity index is 190. The zero-order chi connectivity index (χ0) is 11.4. The van der Waals surface area contributed by atoms with Crippen LogP contribution < -0.4 is 16.8 Å². The van der Waals surface area contributed by atoms with Crippen LogP contribution in [0.15, 0.2) is 0 Å². The number of carbonyl (C=O) groups is 1. The van der Waals surface area contributed by atoms with Gasteiger partial charge in [0.1, 0.15) is 0 Å². The van der Waals surface area contributed by atoms with Crippen LogP contribution >= 0.6 is 0 Å². The predicted molar refractivity (Wildman–Crippen MR) is 58.7 cm³/mol. The van der Waals surface area contributed by atoms with E-state index in [1.807, 2.05) is 0 Å². The lowest BCUT2D eigenvalue weighted by Gasteiger charge is -2.29. The van der Waals surface area contributed by atoms with Crippen molar-refractivity contribution in [3.63, 3.8) is 0 Å². The van der Waals surface area contributed by atoms with Crippen LogP contribution in [0, 0.1) is 11.3 Å². The molecule has 4 nitrogen and oxygen atoms in total. The molecule has 0 aromatic rings. The van der Waals surface area contributed by atoms with Crippen molar-refractivity contribution in [3.8, 4) is 0 Å². The molecule has 0 aliphatic heterocycles. The van der Waals surface area contributed by atoms with E-state index in [2.05, 4.69) is 33.0 Å². The van der Waals surface area contributed by atoms with Crippen LogP contribution in [0.4, 0.5) is 0 Å². The summed E-state index contributed by atoms with van der Waals surface area (Å²) in [5, 5.41) is 3.16. The fourth-order valence-corrected chi connectivity index (χ4v) is 0.855. The van der Waals surface area contributed by atoms with E-state index < -0.39 is 11.9 Å². The average Bonchev–Trinajstić information content (AvgIpc) is 2.03. The molecule has 0 aliphatic carbocycles. The molecule has 0 aromatic carbocycles. The van der Waals surface area contributed by atoms with Crippen LogP contribution in [-0.4, -0.2) is 25.0 Å². The number of carbonyl (C=O) groups excluding carboxylic acids is 1. The van der Waals surface area contributed by atoms with Crippen molar-refractivity contribution in [2.24, 2.45) is 22.8 Å². The highest BCUT2D eigenvalue weighted by Crippen LogP contribution is 2.24. The van der Waals surface area contributed by atoms with Gasteiger partial charge in [-0.3, -0.25) is 4.79 Å².